The molecule has 0 saturated carbocycles. The number of nitrogens with zero attached hydrogens (tertiary/aromatic N) is 2. The Balaban J connectivity index is 2.31. The van der Waals surface area contributed by atoms with Gasteiger partial charge in [-0.05, 0) is 23.8 Å². The molecule has 0 unspecified atom stereocenters. The molecule has 2 aromatic heterocycles. The van der Waals surface area contributed by atoms with Crippen LogP contribution in [0.4, 0.5) is 13.2 Å². The van der Waals surface area contributed by atoms with E-state index in [1.165, 1.54) is 36.2 Å². The van der Waals surface area contributed by atoms with E-state index in [0.29, 0.717) is 17.3 Å². The van der Waals surface area contributed by atoms with Crippen molar-refractivity contribution in [3.05, 3.63) is 47.8 Å². The summed E-state index contributed by atoms with van der Waals surface area (Å²) < 4.78 is 43.9. The summed E-state index contributed by atoms with van der Waals surface area (Å²) in [6.45, 7) is 0.146. The highest BCUT2D eigenvalue weighted by Gasteiger charge is 2.17. The molecule has 0 N–H and O–H groups in total. The molecule has 0 fully saturated rings. The Kier molecular flexibility index (Phi) is 4.89. The third-order valence-corrected chi connectivity index (χ3v) is 3.31. The number of halogens is 3. The zero-order chi connectivity index (χ0) is 15.4. The van der Waals surface area contributed by atoms with Crippen LogP contribution in [0.2, 0.25) is 0 Å². The van der Waals surface area contributed by atoms with Gasteiger partial charge in [-0.15, -0.1) is 0 Å². The van der Waals surface area contributed by atoms with E-state index in [-0.39, 0.29) is 17.1 Å². The molecule has 0 amide bonds. The van der Waals surface area contributed by atoms with Gasteiger partial charge in [-0.3, -0.25) is 0 Å². The van der Waals surface area contributed by atoms with Crippen LogP contribution in [0, 0.1) is 5.95 Å². The number of hydrogen-bond acceptors (Lipinski definition) is 4. The summed E-state index contributed by atoms with van der Waals surface area (Å²) in [6.07, 6.45) is 2.70. The molecule has 21 heavy (non-hydrogen) atoms. The molecule has 8 heteroatoms. The lowest BCUT2D eigenvalue weighted by Crippen LogP contribution is -2.10. The minimum atomic E-state index is -2.59. The molecule has 112 valence electrons. The van der Waals surface area contributed by atoms with Gasteiger partial charge in [0.05, 0.1) is 7.11 Å². The summed E-state index contributed by atoms with van der Waals surface area (Å²) in [7, 11) is 1.20. The highest BCUT2D eigenvalue weighted by Crippen LogP contribution is 2.27. The fourth-order valence-corrected chi connectivity index (χ4v) is 2.37. The van der Waals surface area contributed by atoms with E-state index in [4.69, 9.17) is 0 Å². The minimum Gasteiger partial charge on any atom is -0.464 e. The molecule has 0 aliphatic heterocycles. The zero-order valence-electron chi connectivity index (χ0n) is 10.9. The SMILES string of the molecule is COC(=O)c1cc(SC(F)F)cn1Cc1ccnc(F)c1. The van der Waals surface area contributed by atoms with Gasteiger partial charge in [0.25, 0.3) is 5.76 Å². The lowest BCUT2D eigenvalue weighted by molar-refractivity contribution is 0.0589. The van der Waals surface area contributed by atoms with Gasteiger partial charge in [-0.1, -0.05) is 11.8 Å². The number of pyridine rings is 1. The normalized spacial score (nSPS) is 10.9. The van der Waals surface area contributed by atoms with E-state index in [1.54, 1.807) is 6.07 Å². The topological polar surface area (TPSA) is 44.1 Å². The minimum absolute atomic E-state index is 0.123. The third-order valence-electron chi connectivity index (χ3n) is 2.64. The number of alkyl halides is 2. The molecule has 4 nitrogen and oxygen atoms in total. The molecule has 0 aliphatic carbocycles. The number of hydrogen-bond donors (Lipinski definition) is 0. The van der Waals surface area contributed by atoms with Crippen molar-refractivity contribution in [3.8, 4) is 0 Å². The van der Waals surface area contributed by atoms with E-state index < -0.39 is 17.7 Å². The highest BCUT2D eigenvalue weighted by atomic mass is 32.2. The summed E-state index contributed by atoms with van der Waals surface area (Å²) in [5, 5.41) is 0. The smallest absolute Gasteiger partial charge is 0.354 e. The third kappa shape index (κ3) is 4.01. The van der Waals surface area contributed by atoms with Crippen LogP contribution in [0.25, 0.3) is 0 Å². The quantitative estimate of drug-likeness (QED) is 0.483. The fraction of sp³-hybridized carbons (Fsp3) is 0.231. The Hall–Kier alpha value is -1.96. The van der Waals surface area contributed by atoms with E-state index in [2.05, 4.69) is 9.72 Å². The predicted octanol–water partition coefficient (Wildman–Crippen LogP) is 3.17. The lowest BCUT2D eigenvalue weighted by atomic mass is 10.2. The number of aromatic nitrogens is 2. The molecule has 0 radical (unpaired) electrons. The van der Waals surface area contributed by atoms with Crippen LogP contribution in [0.15, 0.2) is 35.5 Å². The van der Waals surface area contributed by atoms with E-state index in [9.17, 15) is 18.0 Å². The molecule has 2 rings (SSSR count). The second-order valence-electron chi connectivity index (χ2n) is 4.05. The predicted molar refractivity (Wildman–Crippen MR) is 70.9 cm³/mol. The average molecular weight is 316 g/mol. The van der Waals surface area contributed by atoms with Gasteiger partial charge in [-0.25, -0.2) is 9.78 Å². The molecule has 2 heterocycles. The maximum absolute atomic E-state index is 13.1. The number of methoxy groups -OCH3 is 1. The van der Waals surface area contributed by atoms with Gasteiger partial charge < -0.3 is 9.30 Å². The second-order valence-corrected chi connectivity index (χ2v) is 5.11. The largest absolute Gasteiger partial charge is 0.464 e. The number of ether oxygens (including phenoxy) is 1. The van der Waals surface area contributed by atoms with Gasteiger partial charge >= 0.3 is 5.97 Å². The standard InChI is InChI=1S/C13H11F3N2O2S/c1-20-12(19)10-5-9(21-13(15)16)7-18(10)6-8-2-3-17-11(14)4-8/h2-5,7,13H,6H2,1H3. The number of rotatable bonds is 5. The van der Waals surface area contributed by atoms with Crippen LogP contribution in [0.1, 0.15) is 16.1 Å². The van der Waals surface area contributed by atoms with Crippen LogP contribution in [0.3, 0.4) is 0 Å². The number of carbonyl (C=O) groups is 1. The maximum atomic E-state index is 13.1. The van der Waals surface area contributed by atoms with Crippen molar-refractivity contribution in [1.29, 1.82) is 0 Å². The van der Waals surface area contributed by atoms with Crippen LogP contribution >= 0.6 is 11.8 Å². The Bertz CT molecular complexity index is 646. The first kappa shape index (κ1) is 15.4. The van der Waals surface area contributed by atoms with Gasteiger partial charge in [-0.2, -0.15) is 13.2 Å². The first-order chi connectivity index (χ1) is 9.99. The summed E-state index contributed by atoms with van der Waals surface area (Å²) >= 11 is 0.327. The molecule has 0 spiro atoms. The summed E-state index contributed by atoms with van der Waals surface area (Å²) in [6, 6.07) is 4.10. The summed E-state index contributed by atoms with van der Waals surface area (Å²) in [5.41, 5.74) is 0.676. The Labute approximate surface area is 122 Å². The molecule has 0 atom stereocenters. The van der Waals surface area contributed by atoms with Crippen molar-refractivity contribution < 1.29 is 22.7 Å². The van der Waals surface area contributed by atoms with Gasteiger partial charge in [0, 0.05) is 23.8 Å². The number of thioether (sulfide) groups is 1. The van der Waals surface area contributed by atoms with Crippen molar-refractivity contribution in [2.75, 3.05) is 7.11 Å². The monoisotopic (exact) mass is 316 g/mol. The molecule has 0 aliphatic rings. The summed E-state index contributed by atoms with van der Waals surface area (Å²) in [5.74, 6) is -3.89. The first-order valence-electron chi connectivity index (χ1n) is 5.83. The lowest BCUT2D eigenvalue weighted by Gasteiger charge is -2.07. The second kappa shape index (κ2) is 6.66. The van der Waals surface area contributed by atoms with E-state index in [1.807, 2.05) is 0 Å². The average Bonchev–Trinajstić information content (AvgIpc) is 2.79. The zero-order valence-corrected chi connectivity index (χ0v) is 11.7. The van der Waals surface area contributed by atoms with Crippen molar-refractivity contribution in [2.45, 2.75) is 17.2 Å². The van der Waals surface area contributed by atoms with Crippen molar-refractivity contribution in [3.63, 3.8) is 0 Å². The van der Waals surface area contributed by atoms with Crippen molar-refractivity contribution >= 4 is 17.7 Å². The molecular weight excluding hydrogens is 305 g/mol. The Morgan fingerprint density at radius 1 is 1.48 bits per heavy atom. The molecule has 2 aromatic rings. The van der Waals surface area contributed by atoms with E-state index in [0.717, 1.165) is 0 Å². The first-order valence-corrected chi connectivity index (χ1v) is 6.71. The van der Waals surface area contributed by atoms with Crippen molar-refractivity contribution in [1.82, 2.24) is 9.55 Å². The van der Waals surface area contributed by atoms with Crippen LogP contribution < -0.4 is 0 Å². The molecular formula is C13H11F3N2O2S. The van der Waals surface area contributed by atoms with Crippen LogP contribution in [-0.4, -0.2) is 28.4 Å². The van der Waals surface area contributed by atoms with Gasteiger partial charge in [0.1, 0.15) is 5.69 Å². The summed E-state index contributed by atoms with van der Waals surface area (Å²) in [4.78, 5) is 15.3. The van der Waals surface area contributed by atoms with Crippen LogP contribution in [-0.2, 0) is 11.3 Å². The Morgan fingerprint density at radius 2 is 2.24 bits per heavy atom. The van der Waals surface area contributed by atoms with Gasteiger partial charge in [0.15, 0.2) is 0 Å². The van der Waals surface area contributed by atoms with E-state index >= 15 is 0 Å². The molecule has 0 bridgehead atoms. The van der Waals surface area contributed by atoms with Crippen molar-refractivity contribution in [2.24, 2.45) is 0 Å². The van der Waals surface area contributed by atoms with Gasteiger partial charge in [0.2, 0.25) is 5.95 Å². The number of carbonyl (C=O) groups excluding carboxylic acids is 1. The maximum Gasteiger partial charge on any atom is 0.354 e. The fourth-order valence-electron chi connectivity index (χ4n) is 1.79. The molecule has 0 aromatic carbocycles. The molecule has 0 saturated heterocycles. The number of esters is 1. The Morgan fingerprint density at radius 3 is 2.86 bits per heavy atom. The highest BCUT2D eigenvalue weighted by molar-refractivity contribution is 7.99. The van der Waals surface area contributed by atoms with Crippen LogP contribution in [0.5, 0.6) is 0 Å².